The summed E-state index contributed by atoms with van der Waals surface area (Å²) in [5.74, 6) is -2.11. The molecule has 0 bridgehead atoms. The molecule has 0 spiro atoms. The van der Waals surface area contributed by atoms with Gasteiger partial charge in [0.2, 0.25) is 0 Å². The highest BCUT2D eigenvalue weighted by Crippen LogP contribution is 2.24. The van der Waals surface area contributed by atoms with Crippen LogP contribution in [0.25, 0.3) is 16.9 Å². The number of rotatable bonds is 3. The van der Waals surface area contributed by atoms with Gasteiger partial charge in [-0.05, 0) is 30.3 Å². The van der Waals surface area contributed by atoms with Gasteiger partial charge in [0.05, 0.1) is 11.4 Å². The Morgan fingerprint density at radius 3 is 2.50 bits per heavy atom. The number of hydrogen-bond acceptors (Lipinski definition) is 3. The first-order valence-corrected chi connectivity index (χ1v) is 9.42. The molecule has 1 N–H and O–H groups in total. The van der Waals surface area contributed by atoms with Gasteiger partial charge in [-0.3, -0.25) is 9.48 Å². The number of nitrogens with zero attached hydrogens (tertiary/aromatic N) is 4. The highest BCUT2D eigenvalue weighted by molar-refractivity contribution is 6.03. The predicted molar refractivity (Wildman–Crippen MR) is 110 cm³/mol. The summed E-state index contributed by atoms with van der Waals surface area (Å²) in [6.45, 7) is 6.11. The Morgan fingerprint density at radius 1 is 1.07 bits per heavy atom. The monoisotopic (exact) mass is 409 g/mol. The molecule has 0 atom stereocenters. The Morgan fingerprint density at radius 2 is 1.83 bits per heavy atom. The van der Waals surface area contributed by atoms with E-state index in [0.717, 1.165) is 17.8 Å². The van der Waals surface area contributed by atoms with Crippen molar-refractivity contribution in [1.29, 1.82) is 0 Å². The van der Waals surface area contributed by atoms with Gasteiger partial charge in [0.25, 0.3) is 5.91 Å². The van der Waals surface area contributed by atoms with Crippen LogP contribution < -0.4 is 5.32 Å². The molecule has 3 heterocycles. The zero-order valence-corrected chi connectivity index (χ0v) is 17.1. The van der Waals surface area contributed by atoms with Crippen LogP contribution in [0, 0.1) is 11.6 Å². The molecular weight excluding hydrogens is 388 g/mol. The molecular formula is C22H21F2N5O. The van der Waals surface area contributed by atoms with E-state index >= 15 is 0 Å². The van der Waals surface area contributed by atoms with Crippen molar-refractivity contribution in [1.82, 2.24) is 19.2 Å². The molecule has 1 aromatic carbocycles. The number of imidazole rings is 1. The summed E-state index contributed by atoms with van der Waals surface area (Å²) < 4.78 is 30.0. The molecule has 154 valence electrons. The molecule has 8 heteroatoms. The normalized spacial score (nSPS) is 11.8. The van der Waals surface area contributed by atoms with Crippen LogP contribution in [0.2, 0.25) is 0 Å². The zero-order valence-electron chi connectivity index (χ0n) is 17.1. The molecule has 1 amide bonds. The maximum absolute atomic E-state index is 13.5. The number of amides is 1. The Bertz CT molecular complexity index is 1270. The van der Waals surface area contributed by atoms with Crippen LogP contribution in [0.5, 0.6) is 0 Å². The smallest absolute Gasteiger partial charge is 0.273 e. The number of nitrogens with one attached hydrogen (secondary N) is 1. The van der Waals surface area contributed by atoms with Crippen molar-refractivity contribution >= 4 is 17.2 Å². The van der Waals surface area contributed by atoms with Crippen LogP contribution >= 0.6 is 0 Å². The van der Waals surface area contributed by atoms with Gasteiger partial charge >= 0.3 is 0 Å². The van der Waals surface area contributed by atoms with Gasteiger partial charge in [-0.1, -0.05) is 20.8 Å². The van der Waals surface area contributed by atoms with Crippen molar-refractivity contribution in [2.24, 2.45) is 7.05 Å². The van der Waals surface area contributed by atoms with E-state index in [0.29, 0.717) is 28.3 Å². The van der Waals surface area contributed by atoms with Gasteiger partial charge in [-0.2, -0.15) is 5.10 Å². The second kappa shape index (κ2) is 7.05. The van der Waals surface area contributed by atoms with Gasteiger partial charge in [0.1, 0.15) is 11.3 Å². The van der Waals surface area contributed by atoms with Crippen molar-refractivity contribution in [3.05, 3.63) is 71.8 Å². The maximum atomic E-state index is 13.5. The molecule has 6 nitrogen and oxygen atoms in total. The molecule has 0 aliphatic carbocycles. The minimum atomic E-state index is -0.927. The molecule has 4 aromatic rings. The van der Waals surface area contributed by atoms with Gasteiger partial charge in [-0.15, -0.1) is 0 Å². The van der Waals surface area contributed by atoms with Crippen LogP contribution in [0.3, 0.4) is 0 Å². The summed E-state index contributed by atoms with van der Waals surface area (Å²) in [6.07, 6.45) is 3.45. The Labute approximate surface area is 172 Å². The van der Waals surface area contributed by atoms with Crippen LogP contribution in [0.1, 0.15) is 37.0 Å². The van der Waals surface area contributed by atoms with Crippen molar-refractivity contribution in [3.63, 3.8) is 0 Å². The third-order valence-electron chi connectivity index (χ3n) is 4.81. The number of benzene rings is 1. The summed E-state index contributed by atoms with van der Waals surface area (Å²) in [6, 6.07) is 8.88. The molecule has 0 aliphatic rings. The molecule has 0 saturated heterocycles. The molecule has 0 saturated carbocycles. The SMILES string of the molecule is Cn1nc(C(C)(C)C)cc1C(=O)Nc1ccn2cc(-c3ccc(F)c(F)c3)nc2c1. The number of aromatic nitrogens is 4. The molecule has 0 radical (unpaired) electrons. The van der Waals surface area contributed by atoms with E-state index in [-0.39, 0.29) is 11.3 Å². The van der Waals surface area contributed by atoms with E-state index in [1.807, 2.05) is 20.8 Å². The second-order valence-electron chi connectivity index (χ2n) is 8.18. The lowest BCUT2D eigenvalue weighted by Gasteiger charge is -2.13. The zero-order chi connectivity index (χ0) is 21.6. The summed E-state index contributed by atoms with van der Waals surface area (Å²) in [5.41, 5.74) is 3.20. The number of carbonyl (C=O) groups excluding carboxylic acids is 1. The number of anilines is 1. The first kappa shape index (κ1) is 19.8. The lowest BCUT2D eigenvalue weighted by atomic mass is 9.92. The van der Waals surface area contributed by atoms with E-state index in [9.17, 15) is 13.6 Å². The van der Waals surface area contributed by atoms with E-state index in [2.05, 4.69) is 15.4 Å². The quantitative estimate of drug-likeness (QED) is 0.539. The average Bonchev–Trinajstić information content (AvgIpc) is 3.27. The van der Waals surface area contributed by atoms with E-state index < -0.39 is 11.6 Å². The molecule has 3 aromatic heterocycles. The number of fused-ring (bicyclic) bond motifs is 1. The topological polar surface area (TPSA) is 64.2 Å². The first-order chi connectivity index (χ1) is 14.1. The van der Waals surface area contributed by atoms with Crippen molar-refractivity contribution in [2.75, 3.05) is 5.32 Å². The van der Waals surface area contributed by atoms with Crippen LogP contribution in [0.4, 0.5) is 14.5 Å². The number of halogens is 2. The number of hydrogen-bond donors (Lipinski definition) is 1. The van der Waals surface area contributed by atoms with Crippen molar-refractivity contribution < 1.29 is 13.6 Å². The maximum Gasteiger partial charge on any atom is 0.273 e. The minimum absolute atomic E-state index is 0.165. The fourth-order valence-corrected chi connectivity index (χ4v) is 3.10. The first-order valence-electron chi connectivity index (χ1n) is 9.42. The number of carbonyl (C=O) groups is 1. The van der Waals surface area contributed by atoms with E-state index in [4.69, 9.17) is 0 Å². The third kappa shape index (κ3) is 3.68. The average molecular weight is 409 g/mol. The fraction of sp³-hybridized carbons (Fsp3) is 0.227. The number of pyridine rings is 1. The van der Waals surface area contributed by atoms with Crippen LogP contribution in [0.15, 0.2) is 48.8 Å². The molecule has 4 rings (SSSR count). The third-order valence-corrected chi connectivity index (χ3v) is 4.81. The largest absolute Gasteiger partial charge is 0.320 e. The number of aryl methyl sites for hydroxylation is 1. The Balaban J connectivity index is 1.60. The second-order valence-corrected chi connectivity index (χ2v) is 8.18. The molecule has 30 heavy (non-hydrogen) atoms. The fourth-order valence-electron chi connectivity index (χ4n) is 3.10. The van der Waals surface area contributed by atoms with Crippen LogP contribution in [-0.2, 0) is 12.5 Å². The standard InChI is InChI=1S/C22H21F2N5O/c1-22(2,3)19-11-18(28(4)27-19)21(30)25-14-7-8-29-12-17(26-20(29)10-14)13-5-6-15(23)16(24)9-13/h5-12H,1-4H3,(H,25,30). The lowest BCUT2D eigenvalue weighted by Crippen LogP contribution is -2.16. The van der Waals surface area contributed by atoms with E-state index in [1.165, 1.54) is 6.07 Å². The van der Waals surface area contributed by atoms with Crippen molar-refractivity contribution in [3.8, 4) is 11.3 Å². The van der Waals surface area contributed by atoms with Gasteiger partial charge in [0.15, 0.2) is 11.6 Å². The Hall–Kier alpha value is -3.55. The van der Waals surface area contributed by atoms with E-state index in [1.54, 1.807) is 46.7 Å². The van der Waals surface area contributed by atoms with Gasteiger partial charge in [0, 0.05) is 42.2 Å². The minimum Gasteiger partial charge on any atom is -0.320 e. The summed E-state index contributed by atoms with van der Waals surface area (Å²) >= 11 is 0. The highest BCUT2D eigenvalue weighted by atomic mass is 19.2. The molecule has 0 aliphatic heterocycles. The van der Waals surface area contributed by atoms with Gasteiger partial charge in [-0.25, -0.2) is 13.8 Å². The summed E-state index contributed by atoms with van der Waals surface area (Å²) in [7, 11) is 1.73. The Kier molecular flexibility index (Phi) is 4.64. The summed E-state index contributed by atoms with van der Waals surface area (Å²) in [5, 5.41) is 7.29. The predicted octanol–water partition coefficient (Wildman–Crippen LogP) is 4.56. The highest BCUT2D eigenvalue weighted by Gasteiger charge is 2.22. The van der Waals surface area contributed by atoms with Crippen molar-refractivity contribution in [2.45, 2.75) is 26.2 Å². The molecule has 0 fully saturated rings. The summed E-state index contributed by atoms with van der Waals surface area (Å²) in [4.78, 5) is 17.2. The lowest BCUT2D eigenvalue weighted by molar-refractivity contribution is 0.101. The molecule has 0 unspecified atom stereocenters. The van der Waals surface area contributed by atoms with Crippen LogP contribution in [-0.4, -0.2) is 25.1 Å². The van der Waals surface area contributed by atoms with Gasteiger partial charge < -0.3 is 9.72 Å².